The standard InChI is InChI=1S/C29H27F2N5O4/c1-35(2)28(37)22-13-24(38-4)20(15-34-22)25-12-21-27(40-25)19(7-9-33-21)17-5-6-23(18(11-17)14-32)39-26-8-10-36(3)16-29(26,30)31/h5-7,9,11-13,15,26H,8,10,16H2,1-4H3. The van der Waals surface area contributed by atoms with Gasteiger partial charge in [0.25, 0.3) is 11.8 Å². The molecule has 11 heteroatoms. The van der Waals surface area contributed by atoms with Gasteiger partial charge in [-0.05, 0) is 30.8 Å². The van der Waals surface area contributed by atoms with Gasteiger partial charge in [0, 0.05) is 57.2 Å². The highest BCUT2D eigenvalue weighted by molar-refractivity contribution is 5.95. The molecule has 0 N–H and O–H groups in total. The third-order valence-corrected chi connectivity index (χ3v) is 6.79. The molecule has 1 aliphatic heterocycles. The molecule has 0 aliphatic carbocycles. The Labute approximate surface area is 229 Å². The van der Waals surface area contributed by atoms with Crippen molar-refractivity contribution in [2.75, 3.05) is 41.3 Å². The number of ether oxygens (including phenoxy) is 2. The number of amides is 1. The number of rotatable bonds is 6. The number of likely N-dealkylation sites (tertiary alicyclic amines) is 1. The molecular formula is C29H27F2N5O4. The number of fused-ring (bicyclic) bond motifs is 1. The van der Waals surface area contributed by atoms with Crippen LogP contribution in [0.5, 0.6) is 11.5 Å². The minimum atomic E-state index is -3.03. The molecule has 1 saturated heterocycles. The van der Waals surface area contributed by atoms with Crippen LogP contribution in [0.25, 0.3) is 33.6 Å². The van der Waals surface area contributed by atoms with E-state index < -0.39 is 18.6 Å². The molecule has 1 aromatic carbocycles. The maximum atomic E-state index is 14.6. The molecule has 4 heterocycles. The second kappa shape index (κ2) is 10.5. The molecule has 0 bridgehead atoms. The Morgan fingerprint density at radius 2 is 1.98 bits per heavy atom. The van der Waals surface area contributed by atoms with Gasteiger partial charge in [-0.15, -0.1) is 0 Å². The zero-order chi connectivity index (χ0) is 28.6. The average Bonchev–Trinajstić information content (AvgIpc) is 3.38. The molecule has 3 aromatic heterocycles. The molecule has 1 unspecified atom stereocenters. The number of furan rings is 1. The number of piperidine rings is 1. The SMILES string of the molecule is COc1cc(C(=O)N(C)C)ncc1-c1cc2nccc(-c3ccc(OC4CCN(C)CC4(F)F)c(C#N)c3)c2o1. The van der Waals surface area contributed by atoms with Gasteiger partial charge >= 0.3 is 0 Å². The van der Waals surface area contributed by atoms with Gasteiger partial charge in [0.05, 0.1) is 24.8 Å². The number of carbonyl (C=O) groups is 1. The Kier molecular flexibility index (Phi) is 7.12. The second-order valence-corrected chi connectivity index (χ2v) is 9.87. The minimum Gasteiger partial charge on any atom is -0.496 e. The number of pyridine rings is 2. The Morgan fingerprint density at radius 1 is 1.18 bits per heavy atom. The molecule has 1 atom stereocenters. The van der Waals surface area contributed by atoms with Crippen LogP contribution in [-0.2, 0) is 0 Å². The fraction of sp³-hybridized carbons (Fsp3) is 0.310. The molecule has 40 heavy (non-hydrogen) atoms. The second-order valence-electron chi connectivity index (χ2n) is 9.87. The lowest BCUT2D eigenvalue weighted by molar-refractivity contribution is -0.135. The number of benzene rings is 1. The third kappa shape index (κ3) is 5.05. The van der Waals surface area contributed by atoms with E-state index in [0.717, 1.165) is 0 Å². The first kappa shape index (κ1) is 27.0. The molecule has 1 fully saturated rings. The van der Waals surface area contributed by atoms with Gasteiger partial charge in [-0.25, -0.2) is 8.78 Å². The monoisotopic (exact) mass is 547 g/mol. The normalized spacial score (nSPS) is 16.9. The lowest BCUT2D eigenvalue weighted by Crippen LogP contribution is -2.52. The fourth-order valence-corrected chi connectivity index (χ4v) is 4.71. The maximum absolute atomic E-state index is 14.6. The molecule has 9 nitrogen and oxygen atoms in total. The van der Waals surface area contributed by atoms with Crippen LogP contribution in [0.15, 0.2) is 53.2 Å². The van der Waals surface area contributed by atoms with Crippen LogP contribution in [0.3, 0.4) is 0 Å². The molecule has 5 rings (SSSR count). The zero-order valence-corrected chi connectivity index (χ0v) is 22.4. The minimum absolute atomic E-state index is 0.106. The number of nitrogens with zero attached hydrogens (tertiary/aromatic N) is 5. The van der Waals surface area contributed by atoms with Crippen molar-refractivity contribution in [3.8, 4) is 40.0 Å². The quantitative estimate of drug-likeness (QED) is 0.337. The van der Waals surface area contributed by atoms with E-state index in [-0.39, 0.29) is 29.3 Å². The number of hydrogen-bond acceptors (Lipinski definition) is 8. The highest BCUT2D eigenvalue weighted by Gasteiger charge is 2.45. The largest absolute Gasteiger partial charge is 0.496 e. The number of carbonyl (C=O) groups excluding carboxylic acids is 1. The van der Waals surface area contributed by atoms with Gasteiger partial charge in [-0.3, -0.25) is 14.8 Å². The van der Waals surface area contributed by atoms with Crippen LogP contribution in [-0.4, -0.2) is 79.0 Å². The van der Waals surface area contributed by atoms with Crippen molar-refractivity contribution in [3.05, 3.63) is 60.0 Å². The highest BCUT2D eigenvalue weighted by Crippen LogP contribution is 2.39. The number of nitriles is 1. The summed E-state index contributed by atoms with van der Waals surface area (Å²) in [6.07, 6.45) is 1.95. The van der Waals surface area contributed by atoms with Crippen molar-refractivity contribution in [1.29, 1.82) is 5.26 Å². The van der Waals surface area contributed by atoms with E-state index >= 15 is 0 Å². The Bertz CT molecular complexity index is 1630. The summed E-state index contributed by atoms with van der Waals surface area (Å²) in [6, 6.07) is 11.9. The molecule has 206 valence electrons. The number of alkyl halides is 2. The van der Waals surface area contributed by atoms with Crippen LogP contribution in [0.4, 0.5) is 8.78 Å². The van der Waals surface area contributed by atoms with Crippen molar-refractivity contribution >= 4 is 17.0 Å². The van der Waals surface area contributed by atoms with Crippen LogP contribution in [0.2, 0.25) is 0 Å². The molecular weight excluding hydrogens is 520 g/mol. The van der Waals surface area contributed by atoms with Gasteiger partial charge in [0.15, 0.2) is 11.7 Å². The summed E-state index contributed by atoms with van der Waals surface area (Å²) in [6.45, 7) is 0.0769. The highest BCUT2D eigenvalue weighted by atomic mass is 19.3. The molecule has 1 amide bonds. The molecule has 4 aromatic rings. The lowest BCUT2D eigenvalue weighted by atomic mass is 10.0. The van der Waals surface area contributed by atoms with Crippen LogP contribution in [0, 0.1) is 11.3 Å². The van der Waals surface area contributed by atoms with Gasteiger partial charge in [-0.1, -0.05) is 6.07 Å². The van der Waals surface area contributed by atoms with Crippen LogP contribution >= 0.6 is 0 Å². The van der Waals surface area contributed by atoms with E-state index in [9.17, 15) is 18.8 Å². The van der Waals surface area contributed by atoms with E-state index in [4.69, 9.17) is 13.9 Å². The first-order valence-electron chi connectivity index (χ1n) is 12.5. The summed E-state index contributed by atoms with van der Waals surface area (Å²) < 4.78 is 46.5. The number of aromatic nitrogens is 2. The summed E-state index contributed by atoms with van der Waals surface area (Å²) in [4.78, 5) is 24.0. The molecule has 0 saturated carbocycles. The van der Waals surface area contributed by atoms with Crippen LogP contribution < -0.4 is 9.47 Å². The summed E-state index contributed by atoms with van der Waals surface area (Å²) in [7, 11) is 6.40. The summed E-state index contributed by atoms with van der Waals surface area (Å²) in [5, 5.41) is 9.80. The van der Waals surface area contributed by atoms with Crippen LogP contribution in [0.1, 0.15) is 22.5 Å². The summed E-state index contributed by atoms with van der Waals surface area (Å²) in [5.74, 6) is -2.37. The molecule has 1 aliphatic rings. The first-order valence-corrected chi connectivity index (χ1v) is 12.5. The maximum Gasteiger partial charge on any atom is 0.296 e. The smallest absolute Gasteiger partial charge is 0.296 e. The van der Waals surface area contributed by atoms with E-state index in [1.807, 2.05) is 0 Å². The fourth-order valence-electron chi connectivity index (χ4n) is 4.71. The van der Waals surface area contributed by atoms with Crippen molar-refractivity contribution in [2.24, 2.45) is 0 Å². The van der Waals surface area contributed by atoms with Gasteiger partial charge < -0.3 is 23.7 Å². The molecule has 0 spiro atoms. The van der Waals surface area contributed by atoms with Crippen molar-refractivity contribution in [3.63, 3.8) is 0 Å². The predicted octanol–water partition coefficient (Wildman–Crippen LogP) is 4.86. The summed E-state index contributed by atoms with van der Waals surface area (Å²) >= 11 is 0. The lowest BCUT2D eigenvalue weighted by Gasteiger charge is -2.36. The van der Waals surface area contributed by atoms with Crippen molar-refractivity contribution < 1.29 is 27.5 Å². The number of methoxy groups -OCH3 is 1. The zero-order valence-electron chi connectivity index (χ0n) is 22.4. The Morgan fingerprint density at radius 3 is 2.67 bits per heavy atom. The van der Waals surface area contributed by atoms with Crippen molar-refractivity contribution in [1.82, 2.24) is 19.8 Å². The third-order valence-electron chi connectivity index (χ3n) is 6.79. The topological polar surface area (TPSA) is 105 Å². The first-order chi connectivity index (χ1) is 19.1. The van der Waals surface area contributed by atoms with Gasteiger partial charge in [0.2, 0.25) is 0 Å². The van der Waals surface area contributed by atoms with E-state index in [0.29, 0.717) is 45.8 Å². The van der Waals surface area contributed by atoms with E-state index in [1.165, 1.54) is 24.3 Å². The number of halogens is 2. The summed E-state index contributed by atoms with van der Waals surface area (Å²) in [5.41, 5.74) is 3.17. The molecule has 0 radical (unpaired) electrons. The Hall–Kier alpha value is -4.56. The Balaban J connectivity index is 1.50. The van der Waals surface area contributed by atoms with Gasteiger partial charge in [-0.2, -0.15) is 5.26 Å². The van der Waals surface area contributed by atoms with Crippen molar-refractivity contribution in [2.45, 2.75) is 18.4 Å². The number of hydrogen-bond donors (Lipinski definition) is 0. The predicted molar refractivity (Wildman–Crippen MR) is 143 cm³/mol. The van der Waals surface area contributed by atoms with Gasteiger partial charge in [0.1, 0.15) is 34.5 Å². The van der Waals surface area contributed by atoms with E-state index in [2.05, 4.69) is 16.0 Å². The van der Waals surface area contributed by atoms with E-state index in [1.54, 1.807) is 62.6 Å². The average molecular weight is 548 g/mol.